The number of carbonyl (C=O) groups excluding carboxylic acids is 1. The number of nitrogens with two attached hydrogens (primary N) is 2. The normalized spacial score (nSPS) is 23.0. The number of anilines is 2. The molecule has 1 aliphatic carbocycles. The summed E-state index contributed by atoms with van der Waals surface area (Å²) in [6.45, 7) is 2.24. The zero-order valence-corrected chi connectivity index (χ0v) is 11.5. The first-order valence-electron chi connectivity index (χ1n) is 7.05. The maximum atomic E-state index is 12.1. The van der Waals surface area contributed by atoms with Crippen molar-refractivity contribution in [1.82, 2.24) is 5.32 Å². The highest BCUT2D eigenvalue weighted by molar-refractivity contribution is 5.96. The number of rotatable bonds is 3. The van der Waals surface area contributed by atoms with E-state index in [2.05, 4.69) is 12.2 Å². The van der Waals surface area contributed by atoms with Crippen LogP contribution < -0.4 is 16.8 Å². The van der Waals surface area contributed by atoms with Gasteiger partial charge in [0.2, 0.25) is 0 Å². The zero-order valence-electron chi connectivity index (χ0n) is 11.5. The predicted molar refractivity (Wildman–Crippen MR) is 78.8 cm³/mol. The molecule has 1 aromatic rings. The molecule has 5 N–H and O–H groups in total. The molecule has 104 valence electrons. The standard InChI is InChI=1S/C15H23N3O/c1-2-10-3-5-14(6-4-10)18-15(19)11-7-12(16)9-13(17)8-11/h7-10,14H,2-6,16-17H2,1H3,(H,18,19). The minimum absolute atomic E-state index is 0.0704. The third-order valence-corrected chi connectivity index (χ3v) is 4.00. The molecule has 4 heteroatoms. The molecule has 4 nitrogen and oxygen atoms in total. The summed E-state index contributed by atoms with van der Waals surface area (Å²) >= 11 is 0. The van der Waals surface area contributed by atoms with Gasteiger partial charge in [0.1, 0.15) is 0 Å². The van der Waals surface area contributed by atoms with Crippen LogP contribution in [0.3, 0.4) is 0 Å². The largest absolute Gasteiger partial charge is 0.399 e. The van der Waals surface area contributed by atoms with Gasteiger partial charge in [0.25, 0.3) is 5.91 Å². The van der Waals surface area contributed by atoms with Gasteiger partial charge in [-0.15, -0.1) is 0 Å². The Morgan fingerprint density at radius 3 is 2.26 bits per heavy atom. The molecule has 0 unspecified atom stereocenters. The van der Waals surface area contributed by atoms with Gasteiger partial charge in [0, 0.05) is 23.0 Å². The van der Waals surface area contributed by atoms with Gasteiger partial charge in [0.15, 0.2) is 0 Å². The molecular weight excluding hydrogens is 238 g/mol. The molecule has 0 bridgehead atoms. The Morgan fingerprint density at radius 1 is 1.16 bits per heavy atom. The number of hydrogen-bond acceptors (Lipinski definition) is 3. The van der Waals surface area contributed by atoms with Gasteiger partial charge >= 0.3 is 0 Å². The van der Waals surface area contributed by atoms with E-state index in [1.807, 2.05) is 0 Å². The van der Waals surface area contributed by atoms with Gasteiger partial charge in [-0.25, -0.2) is 0 Å². The van der Waals surface area contributed by atoms with Crippen molar-refractivity contribution in [2.75, 3.05) is 11.5 Å². The summed E-state index contributed by atoms with van der Waals surface area (Å²) < 4.78 is 0. The summed E-state index contributed by atoms with van der Waals surface area (Å²) in [5.74, 6) is 0.759. The van der Waals surface area contributed by atoms with Crippen LogP contribution >= 0.6 is 0 Å². The van der Waals surface area contributed by atoms with E-state index < -0.39 is 0 Å². The molecule has 0 aromatic heterocycles. The summed E-state index contributed by atoms with van der Waals surface area (Å²) in [6, 6.07) is 5.29. The number of carbonyl (C=O) groups is 1. The van der Waals surface area contributed by atoms with Crippen molar-refractivity contribution in [3.8, 4) is 0 Å². The van der Waals surface area contributed by atoms with Crippen molar-refractivity contribution in [1.29, 1.82) is 0 Å². The number of hydrogen-bond donors (Lipinski definition) is 3. The summed E-state index contributed by atoms with van der Waals surface area (Å²) in [5, 5.41) is 3.08. The van der Waals surface area contributed by atoms with Gasteiger partial charge < -0.3 is 16.8 Å². The highest BCUT2D eigenvalue weighted by Gasteiger charge is 2.21. The van der Waals surface area contributed by atoms with Crippen LogP contribution in [0.25, 0.3) is 0 Å². The van der Waals surface area contributed by atoms with Gasteiger partial charge in [-0.05, 0) is 49.8 Å². The van der Waals surface area contributed by atoms with E-state index in [4.69, 9.17) is 11.5 Å². The monoisotopic (exact) mass is 261 g/mol. The molecule has 0 atom stereocenters. The first-order valence-corrected chi connectivity index (χ1v) is 7.05. The van der Waals surface area contributed by atoms with Gasteiger partial charge in [-0.2, -0.15) is 0 Å². The highest BCUT2D eigenvalue weighted by atomic mass is 16.1. The predicted octanol–water partition coefficient (Wildman–Crippen LogP) is 2.55. The quantitative estimate of drug-likeness (QED) is 0.731. The first-order chi connectivity index (χ1) is 9.08. The van der Waals surface area contributed by atoms with Gasteiger partial charge in [-0.3, -0.25) is 4.79 Å². The fraction of sp³-hybridized carbons (Fsp3) is 0.533. The third-order valence-electron chi connectivity index (χ3n) is 4.00. The van der Waals surface area contributed by atoms with Crippen LogP contribution in [0.1, 0.15) is 49.4 Å². The number of amides is 1. The van der Waals surface area contributed by atoms with E-state index in [-0.39, 0.29) is 11.9 Å². The summed E-state index contributed by atoms with van der Waals surface area (Å²) in [7, 11) is 0. The Bertz CT molecular complexity index is 430. The van der Waals surface area contributed by atoms with E-state index >= 15 is 0 Å². The Balaban J connectivity index is 1.94. The molecular formula is C15H23N3O. The Morgan fingerprint density at radius 2 is 1.74 bits per heavy atom. The molecule has 0 aliphatic heterocycles. The van der Waals surface area contributed by atoms with E-state index in [9.17, 15) is 4.79 Å². The van der Waals surface area contributed by atoms with Crippen LogP contribution in [0.5, 0.6) is 0 Å². The Kier molecular flexibility index (Phi) is 4.30. The highest BCUT2D eigenvalue weighted by Crippen LogP contribution is 2.26. The molecule has 19 heavy (non-hydrogen) atoms. The second-order valence-electron chi connectivity index (χ2n) is 5.49. The molecule has 1 aromatic carbocycles. The first kappa shape index (κ1) is 13.7. The maximum Gasteiger partial charge on any atom is 0.251 e. The van der Waals surface area contributed by atoms with Gasteiger partial charge in [-0.1, -0.05) is 13.3 Å². The van der Waals surface area contributed by atoms with Gasteiger partial charge in [0.05, 0.1) is 0 Å². The molecule has 0 spiro atoms. The van der Waals surface area contributed by atoms with Crippen molar-refractivity contribution in [2.24, 2.45) is 5.92 Å². The lowest BCUT2D eigenvalue weighted by atomic mass is 9.84. The Labute approximate surface area is 114 Å². The molecule has 0 heterocycles. The zero-order chi connectivity index (χ0) is 13.8. The fourth-order valence-corrected chi connectivity index (χ4v) is 2.79. The number of nitrogen functional groups attached to an aromatic ring is 2. The lowest BCUT2D eigenvalue weighted by Gasteiger charge is -2.28. The van der Waals surface area contributed by atoms with E-state index in [0.717, 1.165) is 18.8 Å². The smallest absolute Gasteiger partial charge is 0.251 e. The van der Waals surface area contributed by atoms with Crippen molar-refractivity contribution in [3.05, 3.63) is 23.8 Å². The third kappa shape index (κ3) is 3.63. The van der Waals surface area contributed by atoms with Crippen molar-refractivity contribution < 1.29 is 4.79 Å². The van der Waals surface area contributed by atoms with E-state index in [0.29, 0.717) is 16.9 Å². The fourth-order valence-electron chi connectivity index (χ4n) is 2.79. The van der Waals surface area contributed by atoms with Crippen LogP contribution in [0.2, 0.25) is 0 Å². The maximum absolute atomic E-state index is 12.1. The van der Waals surface area contributed by atoms with Crippen LogP contribution in [0.15, 0.2) is 18.2 Å². The Hall–Kier alpha value is -1.71. The number of nitrogens with one attached hydrogen (secondary N) is 1. The van der Waals surface area contributed by atoms with Crippen molar-refractivity contribution >= 4 is 17.3 Å². The van der Waals surface area contributed by atoms with Crippen molar-refractivity contribution in [2.45, 2.75) is 45.1 Å². The van der Waals surface area contributed by atoms with Crippen molar-refractivity contribution in [3.63, 3.8) is 0 Å². The number of benzene rings is 1. The lowest BCUT2D eigenvalue weighted by molar-refractivity contribution is 0.0921. The average molecular weight is 261 g/mol. The second kappa shape index (κ2) is 5.95. The summed E-state index contributed by atoms with van der Waals surface area (Å²) in [4.78, 5) is 12.1. The van der Waals surface area contributed by atoms with Crippen LogP contribution in [-0.4, -0.2) is 11.9 Å². The topological polar surface area (TPSA) is 81.1 Å². The van der Waals surface area contributed by atoms with Crippen LogP contribution in [0.4, 0.5) is 11.4 Å². The van der Waals surface area contributed by atoms with E-state index in [1.165, 1.54) is 19.3 Å². The summed E-state index contributed by atoms with van der Waals surface area (Å²) in [5.41, 5.74) is 13.0. The minimum Gasteiger partial charge on any atom is -0.399 e. The average Bonchev–Trinajstić information content (AvgIpc) is 2.38. The molecule has 1 aliphatic rings. The molecule has 2 rings (SSSR count). The SMILES string of the molecule is CCC1CCC(NC(=O)c2cc(N)cc(N)c2)CC1. The molecule has 0 radical (unpaired) electrons. The minimum atomic E-state index is -0.0704. The molecule has 1 saturated carbocycles. The molecule has 1 fully saturated rings. The van der Waals surface area contributed by atoms with Crippen LogP contribution in [-0.2, 0) is 0 Å². The summed E-state index contributed by atoms with van der Waals surface area (Å²) in [6.07, 6.45) is 5.80. The second-order valence-corrected chi connectivity index (χ2v) is 5.49. The van der Waals surface area contributed by atoms with E-state index in [1.54, 1.807) is 18.2 Å². The lowest BCUT2D eigenvalue weighted by Crippen LogP contribution is -2.37. The molecule has 0 saturated heterocycles. The molecule has 1 amide bonds. The van der Waals surface area contributed by atoms with Crippen LogP contribution in [0, 0.1) is 5.92 Å².